The summed E-state index contributed by atoms with van der Waals surface area (Å²) >= 11 is 0. The van der Waals surface area contributed by atoms with E-state index in [1.54, 1.807) is 0 Å². The molecule has 0 amide bonds. The fourth-order valence-electron chi connectivity index (χ4n) is 1.99. The number of para-hydroxylation sites is 1. The summed E-state index contributed by atoms with van der Waals surface area (Å²) in [5.74, 6) is 0.928. The van der Waals surface area contributed by atoms with Crippen LogP contribution in [0.3, 0.4) is 0 Å². The summed E-state index contributed by atoms with van der Waals surface area (Å²) in [5.41, 5.74) is 1.98. The van der Waals surface area contributed by atoms with Gasteiger partial charge in [-0.05, 0) is 33.4 Å². The van der Waals surface area contributed by atoms with Gasteiger partial charge in [-0.15, -0.1) is 0 Å². The van der Waals surface area contributed by atoms with Crippen molar-refractivity contribution in [3.63, 3.8) is 0 Å². The zero-order chi connectivity index (χ0) is 13.9. The highest BCUT2D eigenvalue weighted by atomic mass is 16.5. The van der Waals surface area contributed by atoms with Gasteiger partial charge in [0, 0.05) is 17.5 Å². The molecule has 0 saturated heterocycles. The Kier molecular flexibility index (Phi) is 4.27. The second-order valence-corrected chi connectivity index (χ2v) is 5.68. The third kappa shape index (κ3) is 3.58. The summed E-state index contributed by atoms with van der Waals surface area (Å²) in [7, 11) is 0. The lowest BCUT2D eigenvalue weighted by molar-refractivity contribution is -0.0223. The van der Waals surface area contributed by atoms with Crippen molar-refractivity contribution in [2.75, 3.05) is 6.54 Å². The van der Waals surface area contributed by atoms with E-state index in [4.69, 9.17) is 9.15 Å². The monoisotopic (exact) mass is 261 g/mol. The number of fused-ring (bicyclic) bond motifs is 1. The average Bonchev–Trinajstić information content (AvgIpc) is 2.71. The molecule has 3 heteroatoms. The number of furan rings is 1. The molecule has 0 spiro atoms. The van der Waals surface area contributed by atoms with E-state index in [1.807, 2.05) is 18.2 Å². The van der Waals surface area contributed by atoms with Gasteiger partial charge in [-0.3, -0.25) is 0 Å². The van der Waals surface area contributed by atoms with Gasteiger partial charge in [-0.1, -0.05) is 25.1 Å². The van der Waals surface area contributed by atoms with E-state index >= 15 is 0 Å². The summed E-state index contributed by atoms with van der Waals surface area (Å²) < 4.78 is 11.8. The van der Waals surface area contributed by atoms with E-state index < -0.39 is 0 Å². The van der Waals surface area contributed by atoms with Crippen LogP contribution >= 0.6 is 0 Å². The smallest absolute Gasteiger partial charge is 0.135 e. The maximum atomic E-state index is 5.93. The standard InChI is InChI=1S/C16H23NO2/c1-5-17-10-13-12-8-6-7-9-14(12)19-15(13)11-18-16(2,3)4/h6-9,17H,5,10-11H2,1-4H3. The SMILES string of the molecule is CCNCc1c(COC(C)(C)C)oc2ccccc12. The lowest BCUT2D eigenvalue weighted by Gasteiger charge is -2.19. The third-order valence-electron chi connectivity index (χ3n) is 2.97. The van der Waals surface area contributed by atoms with Crippen LogP contribution < -0.4 is 5.32 Å². The minimum Gasteiger partial charge on any atom is -0.458 e. The van der Waals surface area contributed by atoms with Gasteiger partial charge in [0.05, 0.1) is 5.60 Å². The van der Waals surface area contributed by atoms with Crippen molar-refractivity contribution in [3.05, 3.63) is 35.6 Å². The molecule has 2 rings (SSSR count). The molecule has 2 aromatic rings. The zero-order valence-corrected chi connectivity index (χ0v) is 12.2. The molecule has 0 bridgehead atoms. The highest BCUT2D eigenvalue weighted by molar-refractivity contribution is 5.82. The quantitative estimate of drug-likeness (QED) is 0.887. The fraction of sp³-hybridized carbons (Fsp3) is 0.500. The van der Waals surface area contributed by atoms with Gasteiger partial charge in [0.2, 0.25) is 0 Å². The molecule has 1 aromatic carbocycles. The maximum Gasteiger partial charge on any atom is 0.135 e. The number of ether oxygens (including phenoxy) is 1. The van der Waals surface area contributed by atoms with Crippen molar-refractivity contribution >= 4 is 11.0 Å². The summed E-state index contributed by atoms with van der Waals surface area (Å²) in [5, 5.41) is 4.54. The Morgan fingerprint density at radius 1 is 1.21 bits per heavy atom. The molecule has 1 N–H and O–H groups in total. The number of hydrogen-bond donors (Lipinski definition) is 1. The van der Waals surface area contributed by atoms with Crippen LogP contribution in [0, 0.1) is 0 Å². The van der Waals surface area contributed by atoms with Crippen LogP contribution in [0.2, 0.25) is 0 Å². The lowest BCUT2D eigenvalue weighted by atomic mass is 10.1. The summed E-state index contributed by atoms with van der Waals surface area (Å²) in [6, 6.07) is 8.15. The second-order valence-electron chi connectivity index (χ2n) is 5.68. The van der Waals surface area contributed by atoms with Crippen LogP contribution in [0.15, 0.2) is 28.7 Å². The van der Waals surface area contributed by atoms with E-state index in [0.29, 0.717) is 6.61 Å². The molecule has 19 heavy (non-hydrogen) atoms. The Morgan fingerprint density at radius 2 is 1.95 bits per heavy atom. The lowest BCUT2D eigenvalue weighted by Crippen LogP contribution is -2.19. The maximum absolute atomic E-state index is 5.93. The number of nitrogens with one attached hydrogen (secondary N) is 1. The van der Waals surface area contributed by atoms with E-state index in [9.17, 15) is 0 Å². The van der Waals surface area contributed by atoms with Gasteiger partial charge in [0.25, 0.3) is 0 Å². The van der Waals surface area contributed by atoms with Crippen LogP contribution in [0.25, 0.3) is 11.0 Å². The van der Waals surface area contributed by atoms with Crippen molar-refractivity contribution in [1.82, 2.24) is 5.32 Å². The van der Waals surface area contributed by atoms with Crippen LogP contribution in [-0.2, 0) is 17.9 Å². The molecule has 0 aliphatic carbocycles. The Labute approximate surface area is 114 Å². The van der Waals surface area contributed by atoms with Gasteiger partial charge in [0.1, 0.15) is 18.0 Å². The predicted octanol–water partition coefficient (Wildman–Crippen LogP) is 3.86. The normalized spacial score (nSPS) is 12.2. The summed E-state index contributed by atoms with van der Waals surface area (Å²) in [4.78, 5) is 0. The molecule has 0 aliphatic rings. The van der Waals surface area contributed by atoms with Gasteiger partial charge in [0.15, 0.2) is 0 Å². The van der Waals surface area contributed by atoms with Crippen LogP contribution in [0.1, 0.15) is 39.0 Å². The van der Waals surface area contributed by atoms with Crippen LogP contribution in [0.4, 0.5) is 0 Å². The van der Waals surface area contributed by atoms with E-state index in [1.165, 1.54) is 10.9 Å². The molecule has 3 nitrogen and oxygen atoms in total. The van der Waals surface area contributed by atoms with Crippen molar-refractivity contribution in [2.45, 2.75) is 46.4 Å². The third-order valence-corrected chi connectivity index (χ3v) is 2.97. The molecule has 0 aliphatic heterocycles. The average molecular weight is 261 g/mol. The van der Waals surface area contributed by atoms with Gasteiger partial charge >= 0.3 is 0 Å². The largest absolute Gasteiger partial charge is 0.458 e. The number of hydrogen-bond acceptors (Lipinski definition) is 3. The van der Waals surface area contributed by atoms with Gasteiger partial charge < -0.3 is 14.5 Å². The molecule has 1 heterocycles. The Morgan fingerprint density at radius 3 is 2.63 bits per heavy atom. The van der Waals surface area contributed by atoms with Crippen molar-refractivity contribution in [2.24, 2.45) is 0 Å². The predicted molar refractivity (Wildman–Crippen MR) is 78.1 cm³/mol. The minimum absolute atomic E-state index is 0.158. The first kappa shape index (κ1) is 14.1. The molecule has 104 valence electrons. The van der Waals surface area contributed by atoms with Crippen molar-refractivity contribution < 1.29 is 9.15 Å². The highest BCUT2D eigenvalue weighted by Crippen LogP contribution is 2.27. The van der Waals surface area contributed by atoms with Gasteiger partial charge in [-0.25, -0.2) is 0 Å². The van der Waals surface area contributed by atoms with Crippen molar-refractivity contribution in [1.29, 1.82) is 0 Å². The Hall–Kier alpha value is -1.32. The summed E-state index contributed by atoms with van der Waals surface area (Å²) in [6.07, 6.45) is 0. The molecule has 0 fully saturated rings. The minimum atomic E-state index is -0.158. The fourth-order valence-corrected chi connectivity index (χ4v) is 1.99. The number of rotatable bonds is 5. The summed E-state index contributed by atoms with van der Waals surface area (Å²) in [6.45, 7) is 10.5. The van der Waals surface area contributed by atoms with Gasteiger partial charge in [-0.2, -0.15) is 0 Å². The first-order valence-electron chi connectivity index (χ1n) is 6.85. The van der Waals surface area contributed by atoms with Crippen molar-refractivity contribution in [3.8, 4) is 0 Å². The molecule has 0 atom stereocenters. The topological polar surface area (TPSA) is 34.4 Å². The number of benzene rings is 1. The molecule has 0 radical (unpaired) electrons. The first-order chi connectivity index (χ1) is 9.01. The van der Waals surface area contributed by atoms with E-state index in [-0.39, 0.29) is 5.60 Å². The molecular formula is C16H23NO2. The molecule has 1 aromatic heterocycles. The first-order valence-corrected chi connectivity index (χ1v) is 6.85. The second kappa shape index (κ2) is 5.76. The Balaban J connectivity index is 2.30. The molecule has 0 saturated carbocycles. The van der Waals surface area contributed by atoms with E-state index in [0.717, 1.165) is 24.4 Å². The van der Waals surface area contributed by atoms with Crippen LogP contribution in [0.5, 0.6) is 0 Å². The molecular weight excluding hydrogens is 238 g/mol. The molecule has 0 unspecified atom stereocenters. The van der Waals surface area contributed by atoms with Crippen LogP contribution in [-0.4, -0.2) is 12.1 Å². The Bertz CT molecular complexity index is 537. The van der Waals surface area contributed by atoms with E-state index in [2.05, 4.69) is 39.1 Å². The highest BCUT2D eigenvalue weighted by Gasteiger charge is 2.17. The zero-order valence-electron chi connectivity index (χ0n) is 12.2.